The second-order valence-corrected chi connectivity index (χ2v) is 6.53. The van der Waals surface area contributed by atoms with E-state index < -0.39 is 5.97 Å². The predicted octanol–water partition coefficient (Wildman–Crippen LogP) is 4.80. The average Bonchev–Trinajstić information content (AvgIpc) is 2.97. The molecule has 24 heavy (non-hydrogen) atoms. The number of benzene rings is 2. The third-order valence-electron chi connectivity index (χ3n) is 3.62. The average molecular weight is 339 g/mol. The van der Waals surface area contributed by atoms with Crippen LogP contribution in [0.1, 0.15) is 29.8 Å². The fraction of sp³-hybridized carbons (Fsp3) is 0.158. The Morgan fingerprint density at radius 2 is 1.96 bits per heavy atom. The highest BCUT2D eigenvalue weighted by Gasteiger charge is 2.10. The minimum absolute atomic E-state index is 0.127. The Bertz CT molecular complexity index is 865. The van der Waals surface area contributed by atoms with Gasteiger partial charge in [-0.15, -0.1) is 11.3 Å². The van der Waals surface area contributed by atoms with Crippen LogP contribution in [0.15, 0.2) is 48.5 Å². The highest BCUT2D eigenvalue weighted by Crippen LogP contribution is 2.31. The molecule has 0 atom stereocenters. The van der Waals surface area contributed by atoms with Crippen molar-refractivity contribution in [3.05, 3.63) is 59.1 Å². The summed E-state index contributed by atoms with van der Waals surface area (Å²) in [4.78, 5) is 15.5. The molecule has 0 aliphatic carbocycles. The smallest absolute Gasteiger partial charge is 0.303 e. The highest BCUT2D eigenvalue weighted by atomic mass is 32.1. The number of hydrogen-bond acceptors (Lipinski definition) is 4. The molecular weight excluding hydrogens is 322 g/mol. The Balaban J connectivity index is 1.95. The third kappa shape index (κ3) is 4.00. The van der Waals surface area contributed by atoms with Gasteiger partial charge in [-0.25, -0.2) is 4.98 Å². The first-order valence-corrected chi connectivity index (χ1v) is 8.51. The van der Waals surface area contributed by atoms with Crippen LogP contribution in [0.25, 0.3) is 21.9 Å². The predicted molar refractivity (Wildman–Crippen MR) is 97.1 cm³/mol. The number of rotatable bonds is 6. The number of fused-ring (bicyclic) bond motifs is 1. The Kier molecular flexibility index (Phi) is 4.91. The second-order valence-electron chi connectivity index (χ2n) is 5.50. The monoisotopic (exact) mass is 339 g/mol. The van der Waals surface area contributed by atoms with Crippen LogP contribution in [0, 0.1) is 0 Å². The normalized spacial score (nSPS) is 11.8. The molecule has 0 unspecified atom stereocenters. The molecule has 0 radical (unpaired) electrons. The molecule has 0 amide bonds. The molecule has 0 aliphatic heterocycles. The van der Waals surface area contributed by atoms with E-state index in [1.54, 1.807) is 29.5 Å². The SMILES string of the molecule is O=C(O)CCCC(=Cc1cccc(O)c1)c1nc2ccccc2s1. The fourth-order valence-corrected chi connectivity index (χ4v) is 3.51. The largest absolute Gasteiger partial charge is 0.508 e. The molecule has 0 saturated heterocycles. The number of allylic oxidation sites excluding steroid dienone is 1. The minimum Gasteiger partial charge on any atom is -0.508 e. The zero-order valence-corrected chi connectivity index (χ0v) is 13.8. The van der Waals surface area contributed by atoms with Gasteiger partial charge in [-0.05, 0) is 54.3 Å². The van der Waals surface area contributed by atoms with Gasteiger partial charge in [0.15, 0.2) is 0 Å². The number of aromatic nitrogens is 1. The molecule has 122 valence electrons. The first-order chi connectivity index (χ1) is 11.6. The molecule has 1 aromatic heterocycles. The molecule has 0 aliphatic rings. The van der Waals surface area contributed by atoms with E-state index in [2.05, 4.69) is 4.98 Å². The lowest BCUT2D eigenvalue weighted by molar-refractivity contribution is -0.137. The third-order valence-corrected chi connectivity index (χ3v) is 4.73. The number of phenolic OH excluding ortho intramolecular Hbond substituents is 1. The minimum atomic E-state index is -0.795. The molecule has 3 aromatic rings. The molecule has 1 heterocycles. The van der Waals surface area contributed by atoms with Gasteiger partial charge in [-0.2, -0.15) is 0 Å². The summed E-state index contributed by atoms with van der Waals surface area (Å²) in [6.45, 7) is 0. The summed E-state index contributed by atoms with van der Waals surface area (Å²) in [5, 5.41) is 19.4. The lowest BCUT2D eigenvalue weighted by atomic mass is 10.1. The Morgan fingerprint density at radius 3 is 2.71 bits per heavy atom. The second kappa shape index (κ2) is 7.27. The number of hydrogen-bond donors (Lipinski definition) is 2. The standard InChI is InChI=1S/C19H17NO3S/c21-15-7-3-5-13(12-15)11-14(6-4-10-18(22)23)19-20-16-8-1-2-9-17(16)24-19/h1-3,5,7-9,11-12,21H,4,6,10H2,(H,22,23). The van der Waals surface area contributed by atoms with E-state index in [-0.39, 0.29) is 12.2 Å². The number of aromatic hydroxyl groups is 1. The van der Waals surface area contributed by atoms with Gasteiger partial charge in [0.2, 0.25) is 0 Å². The number of aliphatic carboxylic acids is 1. The van der Waals surface area contributed by atoms with Gasteiger partial charge in [0.05, 0.1) is 10.2 Å². The molecule has 3 rings (SSSR count). The molecular formula is C19H17NO3S. The van der Waals surface area contributed by atoms with Crippen molar-refractivity contribution in [2.75, 3.05) is 0 Å². The van der Waals surface area contributed by atoms with Crippen molar-refractivity contribution in [3.8, 4) is 5.75 Å². The van der Waals surface area contributed by atoms with Gasteiger partial charge in [-0.1, -0.05) is 24.3 Å². The van der Waals surface area contributed by atoms with Gasteiger partial charge >= 0.3 is 5.97 Å². The van der Waals surface area contributed by atoms with E-state index in [4.69, 9.17) is 5.11 Å². The Hall–Kier alpha value is -2.66. The van der Waals surface area contributed by atoms with Crippen LogP contribution in [0.5, 0.6) is 5.75 Å². The first kappa shape index (κ1) is 16.2. The topological polar surface area (TPSA) is 70.4 Å². The maximum atomic E-state index is 10.8. The van der Waals surface area contributed by atoms with Gasteiger partial charge in [0, 0.05) is 6.42 Å². The molecule has 2 aromatic carbocycles. The maximum Gasteiger partial charge on any atom is 0.303 e. The van der Waals surface area contributed by atoms with Crippen molar-refractivity contribution >= 4 is 39.2 Å². The summed E-state index contributed by atoms with van der Waals surface area (Å²) in [6, 6.07) is 14.9. The quantitative estimate of drug-likeness (QED) is 0.677. The van der Waals surface area contributed by atoms with Gasteiger partial charge < -0.3 is 10.2 Å². The highest BCUT2D eigenvalue weighted by molar-refractivity contribution is 7.19. The molecule has 4 nitrogen and oxygen atoms in total. The van der Waals surface area contributed by atoms with E-state index in [9.17, 15) is 9.90 Å². The Labute approximate surface area is 143 Å². The lowest BCUT2D eigenvalue weighted by Gasteiger charge is -2.04. The summed E-state index contributed by atoms with van der Waals surface area (Å²) in [7, 11) is 0. The summed E-state index contributed by atoms with van der Waals surface area (Å²) >= 11 is 1.60. The van der Waals surface area contributed by atoms with Crippen LogP contribution in [0.3, 0.4) is 0 Å². The molecule has 0 spiro atoms. The number of phenols is 1. The molecule has 0 bridgehead atoms. The van der Waals surface area contributed by atoms with E-state index in [1.807, 2.05) is 36.4 Å². The summed E-state index contributed by atoms with van der Waals surface area (Å²) < 4.78 is 1.10. The van der Waals surface area contributed by atoms with Crippen molar-refractivity contribution < 1.29 is 15.0 Å². The number of thiazole rings is 1. The van der Waals surface area contributed by atoms with Crippen molar-refractivity contribution in [2.24, 2.45) is 0 Å². The number of carboxylic acids is 1. The Morgan fingerprint density at radius 1 is 1.12 bits per heavy atom. The molecule has 0 saturated carbocycles. The van der Waals surface area contributed by atoms with Crippen LogP contribution in [0.4, 0.5) is 0 Å². The zero-order valence-electron chi connectivity index (χ0n) is 13.0. The summed E-state index contributed by atoms with van der Waals surface area (Å²) in [5.41, 5.74) is 2.81. The van der Waals surface area contributed by atoms with Crippen LogP contribution >= 0.6 is 11.3 Å². The van der Waals surface area contributed by atoms with Crippen molar-refractivity contribution in [1.29, 1.82) is 0 Å². The van der Waals surface area contributed by atoms with Crippen molar-refractivity contribution in [2.45, 2.75) is 19.3 Å². The number of carboxylic acid groups (broad SMARTS) is 1. The number of carbonyl (C=O) groups is 1. The van der Waals surface area contributed by atoms with E-state index in [0.29, 0.717) is 12.8 Å². The van der Waals surface area contributed by atoms with Crippen LogP contribution in [0.2, 0.25) is 0 Å². The summed E-state index contributed by atoms with van der Waals surface area (Å²) in [6.07, 6.45) is 3.28. The molecule has 0 fully saturated rings. The van der Waals surface area contributed by atoms with Crippen molar-refractivity contribution in [3.63, 3.8) is 0 Å². The van der Waals surface area contributed by atoms with Gasteiger partial charge in [0.1, 0.15) is 10.8 Å². The van der Waals surface area contributed by atoms with Gasteiger partial charge in [0.25, 0.3) is 0 Å². The zero-order chi connectivity index (χ0) is 16.9. The maximum absolute atomic E-state index is 10.8. The van der Waals surface area contributed by atoms with Gasteiger partial charge in [-0.3, -0.25) is 4.79 Å². The van der Waals surface area contributed by atoms with Crippen molar-refractivity contribution in [1.82, 2.24) is 4.98 Å². The van der Waals surface area contributed by atoms with Crippen LogP contribution in [-0.2, 0) is 4.79 Å². The van der Waals surface area contributed by atoms with Crippen LogP contribution < -0.4 is 0 Å². The molecule has 5 heteroatoms. The van der Waals surface area contributed by atoms with E-state index >= 15 is 0 Å². The fourth-order valence-electron chi connectivity index (χ4n) is 2.50. The number of para-hydroxylation sites is 1. The number of nitrogens with zero attached hydrogens (tertiary/aromatic N) is 1. The molecule has 2 N–H and O–H groups in total. The summed E-state index contributed by atoms with van der Waals surface area (Å²) in [5.74, 6) is -0.589. The lowest BCUT2D eigenvalue weighted by Crippen LogP contribution is -1.94. The van der Waals surface area contributed by atoms with E-state index in [1.165, 1.54) is 0 Å². The van der Waals surface area contributed by atoms with E-state index in [0.717, 1.165) is 26.4 Å². The first-order valence-electron chi connectivity index (χ1n) is 7.69. The van der Waals surface area contributed by atoms with Crippen LogP contribution in [-0.4, -0.2) is 21.2 Å².